The van der Waals surface area contributed by atoms with Crippen LogP contribution in [0.15, 0.2) is 42.5 Å². The number of rotatable bonds is 4. The van der Waals surface area contributed by atoms with Crippen LogP contribution >= 0.6 is 0 Å². The SMILES string of the molecule is COc1ccc(C(C)(N)c2ccccc2F)c(OC)c1. The van der Waals surface area contributed by atoms with E-state index >= 15 is 0 Å². The highest BCUT2D eigenvalue weighted by Gasteiger charge is 2.30. The molecule has 0 bridgehead atoms. The van der Waals surface area contributed by atoms with Gasteiger partial charge in [0.05, 0.1) is 19.8 Å². The van der Waals surface area contributed by atoms with Crippen molar-refractivity contribution in [2.24, 2.45) is 5.73 Å². The van der Waals surface area contributed by atoms with Crippen LogP contribution in [0.25, 0.3) is 0 Å². The van der Waals surface area contributed by atoms with Crippen LogP contribution in [-0.2, 0) is 5.54 Å². The molecule has 2 rings (SSSR count). The zero-order chi connectivity index (χ0) is 14.8. The Balaban J connectivity index is 2.57. The van der Waals surface area contributed by atoms with Gasteiger partial charge in [0, 0.05) is 17.2 Å². The molecule has 0 aliphatic carbocycles. The first-order chi connectivity index (χ1) is 9.50. The summed E-state index contributed by atoms with van der Waals surface area (Å²) < 4.78 is 24.5. The maximum absolute atomic E-state index is 14.0. The molecule has 0 spiro atoms. The van der Waals surface area contributed by atoms with Crippen LogP contribution in [0, 0.1) is 5.82 Å². The Kier molecular flexibility index (Phi) is 3.95. The number of hydrogen-bond donors (Lipinski definition) is 1. The fraction of sp³-hybridized carbons (Fsp3) is 0.250. The highest BCUT2D eigenvalue weighted by atomic mass is 19.1. The van der Waals surface area contributed by atoms with E-state index in [9.17, 15) is 4.39 Å². The lowest BCUT2D eigenvalue weighted by Gasteiger charge is -2.28. The Morgan fingerprint density at radius 1 is 1.00 bits per heavy atom. The Labute approximate surface area is 118 Å². The van der Waals surface area contributed by atoms with Gasteiger partial charge in [-0.3, -0.25) is 0 Å². The fourth-order valence-corrected chi connectivity index (χ4v) is 2.26. The highest BCUT2D eigenvalue weighted by molar-refractivity contribution is 5.49. The predicted octanol–water partition coefficient (Wildman–Crippen LogP) is 3.07. The summed E-state index contributed by atoms with van der Waals surface area (Å²) >= 11 is 0. The number of halogens is 1. The van der Waals surface area contributed by atoms with Crippen molar-refractivity contribution in [1.29, 1.82) is 0 Å². The number of hydrogen-bond acceptors (Lipinski definition) is 3. The van der Waals surface area contributed by atoms with E-state index in [1.165, 1.54) is 6.07 Å². The van der Waals surface area contributed by atoms with E-state index in [-0.39, 0.29) is 5.82 Å². The maximum atomic E-state index is 14.0. The minimum Gasteiger partial charge on any atom is -0.497 e. The second-order valence-corrected chi connectivity index (χ2v) is 4.75. The molecule has 0 aliphatic heterocycles. The van der Waals surface area contributed by atoms with Gasteiger partial charge < -0.3 is 15.2 Å². The van der Waals surface area contributed by atoms with E-state index in [4.69, 9.17) is 15.2 Å². The van der Waals surface area contributed by atoms with Gasteiger partial charge in [-0.1, -0.05) is 18.2 Å². The van der Waals surface area contributed by atoms with Crippen molar-refractivity contribution in [2.75, 3.05) is 14.2 Å². The summed E-state index contributed by atoms with van der Waals surface area (Å²) in [6.45, 7) is 1.76. The third kappa shape index (κ3) is 2.47. The van der Waals surface area contributed by atoms with E-state index in [0.29, 0.717) is 22.6 Å². The average Bonchev–Trinajstić information content (AvgIpc) is 2.46. The molecule has 4 heteroatoms. The smallest absolute Gasteiger partial charge is 0.128 e. The van der Waals surface area contributed by atoms with Gasteiger partial charge in [0.25, 0.3) is 0 Å². The van der Waals surface area contributed by atoms with Crippen molar-refractivity contribution in [2.45, 2.75) is 12.5 Å². The quantitative estimate of drug-likeness (QED) is 0.932. The minimum absolute atomic E-state index is 0.338. The molecule has 0 radical (unpaired) electrons. The molecule has 0 saturated carbocycles. The van der Waals surface area contributed by atoms with Gasteiger partial charge in [-0.05, 0) is 25.1 Å². The minimum atomic E-state index is -0.997. The number of methoxy groups -OCH3 is 2. The van der Waals surface area contributed by atoms with Crippen LogP contribution < -0.4 is 15.2 Å². The Morgan fingerprint density at radius 2 is 1.70 bits per heavy atom. The molecule has 0 heterocycles. The summed E-state index contributed by atoms with van der Waals surface area (Å²) in [4.78, 5) is 0. The third-order valence-electron chi connectivity index (χ3n) is 3.40. The van der Waals surface area contributed by atoms with Gasteiger partial charge in [-0.2, -0.15) is 0 Å². The topological polar surface area (TPSA) is 44.5 Å². The Hall–Kier alpha value is -2.07. The van der Waals surface area contributed by atoms with Crippen LogP contribution in [0.3, 0.4) is 0 Å². The van der Waals surface area contributed by atoms with Crippen molar-refractivity contribution in [1.82, 2.24) is 0 Å². The summed E-state index contributed by atoms with van der Waals surface area (Å²) in [5.41, 5.74) is 6.49. The van der Waals surface area contributed by atoms with Gasteiger partial charge in [-0.25, -0.2) is 4.39 Å². The van der Waals surface area contributed by atoms with Gasteiger partial charge in [0.15, 0.2) is 0 Å². The average molecular weight is 275 g/mol. The lowest BCUT2D eigenvalue weighted by atomic mass is 9.84. The molecule has 0 amide bonds. The van der Waals surface area contributed by atoms with Crippen LogP contribution in [0.4, 0.5) is 4.39 Å². The van der Waals surface area contributed by atoms with Crippen molar-refractivity contribution in [3.63, 3.8) is 0 Å². The summed E-state index contributed by atoms with van der Waals surface area (Å²) in [6, 6.07) is 11.8. The molecule has 20 heavy (non-hydrogen) atoms. The molecule has 2 N–H and O–H groups in total. The number of benzene rings is 2. The van der Waals surface area contributed by atoms with Gasteiger partial charge in [0.1, 0.15) is 17.3 Å². The number of nitrogens with two attached hydrogens (primary N) is 1. The Morgan fingerprint density at radius 3 is 2.30 bits per heavy atom. The molecule has 2 aromatic carbocycles. The van der Waals surface area contributed by atoms with Gasteiger partial charge in [-0.15, -0.1) is 0 Å². The van der Waals surface area contributed by atoms with E-state index in [1.54, 1.807) is 57.5 Å². The van der Waals surface area contributed by atoms with Crippen molar-refractivity contribution < 1.29 is 13.9 Å². The summed E-state index contributed by atoms with van der Waals surface area (Å²) in [5, 5.41) is 0. The first-order valence-corrected chi connectivity index (χ1v) is 6.27. The lowest BCUT2D eigenvalue weighted by molar-refractivity contribution is 0.382. The second-order valence-electron chi connectivity index (χ2n) is 4.75. The lowest BCUT2D eigenvalue weighted by Crippen LogP contribution is -2.35. The van der Waals surface area contributed by atoms with E-state index in [2.05, 4.69) is 0 Å². The monoisotopic (exact) mass is 275 g/mol. The first kappa shape index (κ1) is 14.3. The van der Waals surface area contributed by atoms with Crippen LogP contribution in [0.2, 0.25) is 0 Å². The fourth-order valence-electron chi connectivity index (χ4n) is 2.26. The summed E-state index contributed by atoms with van der Waals surface area (Å²) in [7, 11) is 3.13. The van der Waals surface area contributed by atoms with Crippen LogP contribution in [0.1, 0.15) is 18.1 Å². The molecule has 106 valence electrons. The van der Waals surface area contributed by atoms with E-state index < -0.39 is 5.54 Å². The molecule has 3 nitrogen and oxygen atoms in total. The molecule has 0 fully saturated rings. The summed E-state index contributed by atoms with van der Waals surface area (Å²) in [6.07, 6.45) is 0. The highest BCUT2D eigenvalue weighted by Crippen LogP contribution is 2.36. The predicted molar refractivity (Wildman–Crippen MR) is 76.6 cm³/mol. The second kappa shape index (κ2) is 5.51. The van der Waals surface area contributed by atoms with E-state index in [1.807, 2.05) is 0 Å². The van der Waals surface area contributed by atoms with Crippen molar-refractivity contribution in [3.05, 3.63) is 59.4 Å². The molecular weight excluding hydrogens is 257 g/mol. The van der Waals surface area contributed by atoms with Gasteiger partial charge >= 0.3 is 0 Å². The van der Waals surface area contributed by atoms with Gasteiger partial charge in [0.2, 0.25) is 0 Å². The van der Waals surface area contributed by atoms with Crippen molar-refractivity contribution in [3.8, 4) is 11.5 Å². The normalized spacial score (nSPS) is 13.7. The molecule has 2 aromatic rings. The molecule has 1 unspecified atom stereocenters. The van der Waals surface area contributed by atoms with E-state index in [0.717, 1.165) is 0 Å². The first-order valence-electron chi connectivity index (χ1n) is 6.27. The van der Waals surface area contributed by atoms with Crippen molar-refractivity contribution >= 4 is 0 Å². The zero-order valence-electron chi connectivity index (χ0n) is 11.8. The third-order valence-corrected chi connectivity index (χ3v) is 3.40. The molecule has 0 saturated heterocycles. The Bertz CT molecular complexity index is 611. The van der Waals surface area contributed by atoms with Crippen LogP contribution in [0.5, 0.6) is 11.5 Å². The molecule has 0 aliphatic rings. The molecule has 1 atom stereocenters. The number of ether oxygens (including phenoxy) is 2. The largest absolute Gasteiger partial charge is 0.497 e. The zero-order valence-corrected chi connectivity index (χ0v) is 11.8. The summed E-state index contributed by atoms with van der Waals surface area (Å²) in [5.74, 6) is 0.892. The maximum Gasteiger partial charge on any atom is 0.128 e. The standard InChI is InChI=1S/C16H18FNO2/c1-16(18,12-6-4-5-7-14(12)17)13-9-8-11(19-2)10-15(13)20-3/h4-10H,18H2,1-3H3. The molecule has 0 aromatic heterocycles. The molecular formula is C16H18FNO2. The van der Waals surface area contributed by atoms with Crippen LogP contribution in [-0.4, -0.2) is 14.2 Å².